The van der Waals surface area contributed by atoms with Gasteiger partial charge < -0.3 is 11.1 Å². The molecule has 0 aliphatic carbocycles. The number of halogens is 1. The van der Waals surface area contributed by atoms with Gasteiger partial charge in [-0.2, -0.15) is 0 Å². The van der Waals surface area contributed by atoms with Crippen molar-refractivity contribution in [2.45, 2.75) is 20.0 Å². The number of pyridine rings is 1. The van der Waals surface area contributed by atoms with Crippen LogP contribution in [0.1, 0.15) is 11.3 Å². The molecule has 0 fully saturated rings. The van der Waals surface area contributed by atoms with E-state index in [-0.39, 0.29) is 24.1 Å². The number of anilines is 1. The first-order valence-corrected chi connectivity index (χ1v) is 5.98. The molecule has 2 heterocycles. The van der Waals surface area contributed by atoms with E-state index in [0.717, 1.165) is 5.56 Å². The summed E-state index contributed by atoms with van der Waals surface area (Å²) in [4.78, 5) is 15.8. The minimum atomic E-state index is -0.258. The summed E-state index contributed by atoms with van der Waals surface area (Å²) in [6, 6.07) is 1.77. The van der Waals surface area contributed by atoms with Crippen LogP contribution < -0.4 is 11.1 Å². The highest BCUT2D eigenvalue weighted by Crippen LogP contribution is 2.22. The number of aryl methyl sites for hydroxylation is 1. The molecule has 0 saturated heterocycles. The molecule has 0 spiro atoms. The molecule has 1 amide bonds. The fourth-order valence-corrected chi connectivity index (χ4v) is 1.76. The molecule has 0 radical (unpaired) electrons. The number of nitrogens with one attached hydrogen (secondary N) is 1. The lowest BCUT2D eigenvalue weighted by Crippen LogP contribution is -2.20. The van der Waals surface area contributed by atoms with Gasteiger partial charge in [0.05, 0.1) is 17.6 Å². The maximum absolute atomic E-state index is 11.9. The molecule has 0 aliphatic heterocycles. The normalized spacial score (nSPS) is 10.5. The van der Waals surface area contributed by atoms with Crippen molar-refractivity contribution < 1.29 is 4.79 Å². The molecule has 2 aromatic heterocycles. The number of carbonyl (C=O) groups is 1. The second kappa shape index (κ2) is 5.77. The van der Waals surface area contributed by atoms with Gasteiger partial charge in [-0.3, -0.25) is 4.79 Å². The minimum absolute atomic E-state index is 0.0393. The maximum atomic E-state index is 11.9. The molecule has 0 unspecified atom stereocenters. The Labute approximate surface area is 114 Å². The summed E-state index contributed by atoms with van der Waals surface area (Å²) < 4.78 is 1.41. The van der Waals surface area contributed by atoms with Crippen molar-refractivity contribution in [3.8, 4) is 0 Å². The van der Waals surface area contributed by atoms with E-state index >= 15 is 0 Å². The van der Waals surface area contributed by atoms with Crippen molar-refractivity contribution in [1.29, 1.82) is 0 Å². The molecule has 7 nitrogen and oxygen atoms in total. The van der Waals surface area contributed by atoms with E-state index in [4.69, 9.17) is 17.3 Å². The van der Waals surface area contributed by atoms with Gasteiger partial charge in [0.15, 0.2) is 5.15 Å². The van der Waals surface area contributed by atoms with Crippen molar-refractivity contribution in [3.05, 3.63) is 34.9 Å². The van der Waals surface area contributed by atoms with Crippen molar-refractivity contribution in [1.82, 2.24) is 20.0 Å². The van der Waals surface area contributed by atoms with Crippen LogP contribution in [0.25, 0.3) is 0 Å². The molecule has 2 aromatic rings. The first-order chi connectivity index (χ1) is 9.10. The zero-order valence-corrected chi connectivity index (χ0v) is 11.1. The van der Waals surface area contributed by atoms with Crippen LogP contribution in [0.5, 0.6) is 0 Å². The summed E-state index contributed by atoms with van der Waals surface area (Å²) in [5.41, 5.74) is 7.39. The summed E-state index contributed by atoms with van der Waals surface area (Å²) in [6.45, 7) is 2.16. The smallest absolute Gasteiger partial charge is 0.246 e. The topological polar surface area (TPSA) is 98.7 Å². The molecule has 19 heavy (non-hydrogen) atoms. The highest BCUT2D eigenvalue weighted by molar-refractivity contribution is 6.32. The predicted octanol–water partition coefficient (Wildman–Crippen LogP) is 0.732. The summed E-state index contributed by atoms with van der Waals surface area (Å²) in [6.07, 6.45) is 3.20. The molecule has 0 saturated carbocycles. The zero-order valence-electron chi connectivity index (χ0n) is 10.3. The number of rotatable bonds is 4. The predicted molar refractivity (Wildman–Crippen MR) is 70.5 cm³/mol. The van der Waals surface area contributed by atoms with Crippen LogP contribution in [0.3, 0.4) is 0 Å². The van der Waals surface area contributed by atoms with Crippen LogP contribution in [0.15, 0.2) is 18.5 Å². The van der Waals surface area contributed by atoms with Crippen LogP contribution >= 0.6 is 11.6 Å². The van der Waals surface area contributed by atoms with Gasteiger partial charge in [-0.25, -0.2) is 9.67 Å². The summed E-state index contributed by atoms with van der Waals surface area (Å²) in [7, 11) is 0. The highest BCUT2D eigenvalue weighted by atomic mass is 35.5. The molecule has 0 bridgehead atoms. The molecule has 3 N–H and O–H groups in total. The van der Waals surface area contributed by atoms with Crippen LogP contribution in [-0.2, 0) is 17.9 Å². The average molecular weight is 281 g/mol. The van der Waals surface area contributed by atoms with E-state index in [9.17, 15) is 4.79 Å². The lowest BCUT2D eigenvalue weighted by atomic mass is 10.2. The summed E-state index contributed by atoms with van der Waals surface area (Å²) in [5, 5.41) is 10.6. The van der Waals surface area contributed by atoms with E-state index in [1.54, 1.807) is 18.5 Å². The van der Waals surface area contributed by atoms with E-state index in [1.165, 1.54) is 4.68 Å². The van der Waals surface area contributed by atoms with Crippen molar-refractivity contribution in [2.24, 2.45) is 5.73 Å². The number of hydrogen-bond donors (Lipinski definition) is 2. The van der Waals surface area contributed by atoms with Gasteiger partial charge in [0.25, 0.3) is 0 Å². The molecule has 100 valence electrons. The van der Waals surface area contributed by atoms with E-state index in [0.29, 0.717) is 11.4 Å². The lowest BCUT2D eigenvalue weighted by Gasteiger charge is -2.09. The summed E-state index contributed by atoms with van der Waals surface area (Å²) >= 11 is 5.93. The Morgan fingerprint density at radius 1 is 1.58 bits per heavy atom. The fourth-order valence-electron chi connectivity index (χ4n) is 1.51. The van der Waals surface area contributed by atoms with E-state index in [2.05, 4.69) is 20.6 Å². The fraction of sp³-hybridized carbons (Fsp3) is 0.273. The minimum Gasteiger partial charge on any atom is -0.325 e. The van der Waals surface area contributed by atoms with Crippen LogP contribution in [0.2, 0.25) is 5.15 Å². The Balaban J connectivity index is 2.05. The van der Waals surface area contributed by atoms with E-state index in [1.807, 2.05) is 6.92 Å². The van der Waals surface area contributed by atoms with Crippen LogP contribution in [0.4, 0.5) is 5.69 Å². The lowest BCUT2D eigenvalue weighted by molar-refractivity contribution is -0.116. The molecule has 0 aliphatic rings. The molecule has 2 rings (SSSR count). The Bertz CT molecular complexity index is 576. The number of carbonyl (C=O) groups excluding carboxylic acids is 1. The third-order valence-electron chi connectivity index (χ3n) is 2.48. The van der Waals surface area contributed by atoms with Crippen molar-refractivity contribution in [3.63, 3.8) is 0 Å². The highest BCUT2D eigenvalue weighted by Gasteiger charge is 2.10. The monoisotopic (exact) mass is 280 g/mol. The SMILES string of the molecule is Cc1ccnc(Cl)c1NC(=O)Cn1cc(CN)nn1. The largest absolute Gasteiger partial charge is 0.325 e. The number of nitrogens with two attached hydrogens (primary N) is 1. The Morgan fingerprint density at radius 3 is 3.00 bits per heavy atom. The third-order valence-corrected chi connectivity index (χ3v) is 2.76. The quantitative estimate of drug-likeness (QED) is 0.805. The Hall–Kier alpha value is -1.99. The third kappa shape index (κ3) is 3.27. The standard InChI is InChI=1S/C11H13ClN6O/c1-7-2-3-14-11(12)10(7)15-9(19)6-18-5-8(4-13)16-17-18/h2-3,5H,4,6,13H2,1H3,(H,15,19). The van der Waals surface area contributed by atoms with Gasteiger partial charge in [0.2, 0.25) is 5.91 Å². The van der Waals surface area contributed by atoms with Gasteiger partial charge in [0.1, 0.15) is 6.54 Å². The first-order valence-electron chi connectivity index (χ1n) is 5.60. The second-order valence-corrected chi connectivity index (χ2v) is 4.31. The van der Waals surface area contributed by atoms with E-state index < -0.39 is 0 Å². The zero-order chi connectivity index (χ0) is 13.8. The number of nitrogens with zero attached hydrogens (tertiary/aromatic N) is 4. The summed E-state index contributed by atoms with van der Waals surface area (Å²) in [5.74, 6) is -0.258. The van der Waals surface area contributed by atoms with Gasteiger partial charge >= 0.3 is 0 Å². The van der Waals surface area contributed by atoms with Crippen molar-refractivity contribution in [2.75, 3.05) is 5.32 Å². The van der Waals surface area contributed by atoms with Gasteiger partial charge in [-0.15, -0.1) is 5.10 Å². The van der Waals surface area contributed by atoms with Crippen LogP contribution in [0, 0.1) is 6.92 Å². The molecular weight excluding hydrogens is 268 g/mol. The number of aromatic nitrogens is 4. The van der Waals surface area contributed by atoms with Gasteiger partial charge in [-0.05, 0) is 18.6 Å². The van der Waals surface area contributed by atoms with Crippen molar-refractivity contribution >= 4 is 23.2 Å². The molecule has 0 aromatic carbocycles. The Morgan fingerprint density at radius 2 is 2.37 bits per heavy atom. The molecule has 8 heteroatoms. The molecular formula is C11H13ClN6O. The Kier molecular flexibility index (Phi) is 4.08. The maximum Gasteiger partial charge on any atom is 0.246 e. The number of hydrogen-bond acceptors (Lipinski definition) is 5. The van der Waals surface area contributed by atoms with Gasteiger partial charge in [0, 0.05) is 12.7 Å². The molecule has 0 atom stereocenters. The first kappa shape index (κ1) is 13.4. The van der Waals surface area contributed by atoms with Crippen LogP contribution in [-0.4, -0.2) is 25.9 Å². The second-order valence-electron chi connectivity index (χ2n) is 3.95. The number of amides is 1. The van der Waals surface area contributed by atoms with Gasteiger partial charge in [-0.1, -0.05) is 16.8 Å². The average Bonchev–Trinajstić information content (AvgIpc) is 2.81.